The van der Waals surface area contributed by atoms with Crippen molar-refractivity contribution in [1.82, 2.24) is 4.90 Å². The Morgan fingerprint density at radius 2 is 2.24 bits per heavy atom. The number of piperidine rings is 1. The quantitative estimate of drug-likeness (QED) is 0.683. The third kappa shape index (κ3) is 3.51. The summed E-state index contributed by atoms with van der Waals surface area (Å²) in [6, 6.07) is 4.21. The van der Waals surface area contributed by atoms with Gasteiger partial charge in [0.15, 0.2) is 0 Å². The van der Waals surface area contributed by atoms with Crippen molar-refractivity contribution in [2.45, 2.75) is 31.7 Å². The van der Waals surface area contributed by atoms with Crippen LogP contribution >= 0.6 is 11.6 Å². The van der Waals surface area contributed by atoms with Crippen LogP contribution in [0.1, 0.15) is 36.0 Å². The molecule has 1 amide bonds. The number of amides is 1. The largest absolute Gasteiger partial charge is 0.335 e. The number of likely N-dealkylation sites (tertiary alicyclic amines) is 1. The van der Waals surface area contributed by atoms with Crippen LogP contribution in [0, 0.1) is 10.1 Å². The van der Waals surface area contributed by atoms with Crippen LogP contribution in [0.25, 0.3) is 0 Å². The van der Waals surface area contributed by atoms with Crippen LogP contribution in [0.3, 0.4) is 0 Å². The van der Waals surface area contributed by atoms with Crippen molar-refractivity contribution >= 4 is 23.2 Å². The van der Waals surface area contributed by atoms with E-state index >= 15 is 0 Å². The topological polar surface area (TPSA) is 89.5 Å². The zero-order valence-electron chi connectivity index (χ0n) is 11.6. The van der Waals surface area contributed by atoms with Gasteiger partial charge in [-0.15, -0.1) is 0 Å². The normalized spacial score (nSPS) is 18.6. The monoisotopic (exact) mass is 311 g/mol. The molecule has 0 saturated carbocycles. The number of halogens is 1. The summed E-state index contributed by atoms with van der Waals surface area (Å²) in [6.07, 6.45) is 3.57. The summed E-state index contributed by atoms with van der Waals surface area (Å²) >= 11 is 5.78. The van der Waals surface area contributed by atoms with E-state index in [1.165, 1.54) is 18.2 Å². The highest BCUT2D eigenvalue weighted by Crippen LogP contribution is 2.28. The molecule has 1 aliphatic heterocycles. The Balaban J connectivity index is 2.32. The lowest BCUT2D eigenvalue weighted by atomic mass is 9.98. The molecular weight excluding hydrogens is 294 g/mol. The average Bonchev–Trinajstić information content (AvgIpc) is 2.47. The van der Waals surface area contributed by atoms with Crippen molar-refractivity contribution in [3.8, 4) is 0 Å². The lowest BCUT2D eigenvalue weighted by Gasteiger charge is -2.35. The molecule has 1 aromatic rings. The highest BCUT2D eigenvalue weighted by atomic mass is 35.5. The first-order valence-electron chi connectivity index (χ1n) is 6.99. The van der Waals surface area contributed by atoms with E-state index in [1.54, 1.807) is 4.90 Å². The van der Waals surface area contributed by atoms with Crippen molar-refractivity contribution < 1.29 is 9.72 Å². The summed E-state index contributed by atoms with van der Waals surface area (Å²) in [5.41, 5.74) is 5.44. The number of benzene rings is 1. The second-order valence-electron chi connectivity index (χ2n) is 5.14. The molecule has 7 heteroatoms. The maximum Gasteiger partial charge on any atom is 0.283 e. The summed E-state index contributed by atoms with van der Waals surface area (Å²) in [4.78, 5) is 24.9. The Labute approximate surface area is 128 Å². The van der Waals surface area contributed by atoms with E-state index < -0.39 is 4.92 Å². The molecule has 1 saturated heterocycles. The molecule has 0 aromatic heterocycles. The number of carbonyl (C=O) groups excluding carboxylic acids is 1. The van der Waals surface area contributed by atoms with Gasteiger partial charge in [-0.25, -0.2) is 0 Å². The molecule has 1 atom stereocenters. The van der Waals surface area contributed by atoms with Gasteiger partial charge in [0.2, 0.25) is 0 Å². The van der Waals surface area contributed by atoms with Crippen molar-refractivity contribution in [1.29, 1.82) is 0 Å². The zero-order chi connectivity index (χ0) is 15.4. The molecule has 1 unspecified atom stereocenters. The van der Waals surface area contributed by atoms with Crippen molar-refractivity contribution in [3.63, 3.8) is 0 Å². The third-order valence-corrected chi connectivity index (χ3v) is 4.01. The standard InChI is InChI=1S/C14H18ClN3O3/c15-10-4-5-12(13(9-10)18(20)21)14(19)17-8-2-1-3-11(17)6-7-16/h4-5,9,11H,1-3,6-8,16H2. The molecule has 1 fully saturated rings. The molecule has 1 heterocycles. The number of hydrogen-bond donors (Lipinski definition) is 1. The zero-order valence-corrected chi connectivity index (χ0v) is 12.4. The van der Waals surface area contributed by atoms with E-state index in [2.05, 4.69) is 0 Å². The van der Waals surface area contributed by atoms with E-state index in [0.717, 1.165) is 19.3 Å². The predicted molar refractivity (Wildman–Crippen MR) is 80.5 cm³/mol. The molecular formula is C14H18ClN3O3. The maximum atomic E-state index is 12.7. The van der Waals surface area contributed by atoms with Gasteiger partial charge in [-0.05, 0) is 44.4 Å². The SMILES string of the molecule is NCCC1CCCCN1C(=O)c1ccc(Cl)cc1[N+](=O)[O-]. The van der Waals surface area contributed by atoms with Gasteiger partial charge in [-0.1, -0.05) is 11.6 Å². The maximum absolute atomic E-state index is 12.7. The molecule has 0 aliphatic carbocycles. The van der Waals surface area contributed by atoms with Crippen molar-refractivity contribution in [2.75, 3.05) is 13.1 Å². The van der Waals surface area contributed by atoms with Crippen LogP contribution in [0.4, 0.5) is 5.69 Å². The minimum Gasteiger partial charge on any atom is -0.335 e. The molecule has 0 radical (unpaired) electrons. The Morgan fingerprint density at radius 1 is 1.48 bits per heavy atom. The highest BCUT2D eigenvalue weighted by molar-refractivity contribution is 6.31. The number of nitro groups is 1. The van der Waals surface area contributed by atoms with E-state index in [-0.39, 0.29) is 28.2 Å². The Morgan fingerprint density at radius 3 is 2.90 bits per heavy atom. The number of nitro benzene ring substituents is 1. The second kappa shape index (κ2) is 6.87. The summed E-state index contributed by atoms with van der Waals surface area (Å²) in [5.74, 6) is -0.309. The second-order valence-corrected chi connectivity index (χ2v) is 5.58. The molecule has 2 rings (SSSR count). The fraction of sp³-hybridized carbons (Fsp3) is 0.500. The molecule has 1 aliphatic rings. The average molecular weight is 312 g/mol. The first kappa shape index (κ1) is 15.7. The number of rotatable bonds is 4. The van der Waals surface area contributed by atoms with Gasteiger partial charge in [0.05, 0.1) is 4.92 Å². The van der Waals surface area contributed by atoms with Gasteiger partial charge >= 0.3 is 0 Å². The molecule has 6 nitrogen and oxygen atoms in total. The lowest BCUT2D eigenvalue weighted by molar-refractivity contribution is -0.385. The van der Waals surface area contributed by atoms with Crippen LogP contribution in [0.2, 0.25) is 5.02 Å². The fourth-order valence-electron chi connectivity index (χ4n) is 2.75. The van der Waals surface area contributed by atoms with Gasteiger partial charge in [0.1, 0.15) is 5.56 Å². The van der Waals surface area contributed by atoms with Crippen molar-refractivity contribution in [2.24, 2.45) is 5.73 Å². The lowest BCUT2D eigenvalue weighted by Crippen LogP contribution is -2.44. The summed E-state index contributed by atoms with van der Waals surface area (Å²) in [7, 11) is 0. The number of nitrogens with two attached hydrogens (primary N) is 1. The van der Waals surface area contributed by atoms with Crippen LogP contribution in [-0.4, -0.2) is 34.9 Å². The van der Waals surface area contributed by atoms with Crippen LogP contribution < -0.4 is 5.73 Å². The molecule has 21 heavy (non-hydrogen) atoms. The Kier molecular flexibility index (Phi) is 5.14. The van der Waals surface area contributed by atoms with Gasteiger partial charge in [-0.3, -0.25) is 14.9 Å². The molecule has 114 valence electrons. The van der Waals surface area contributed by atoms with E-state index in [0.29, 0.717) is 19.5 Å². The fourth-order valence-corrected chi connectivity index (χ4v) is 2.92. The minimum atomic E-state index is -0.568. The first-order valence-corrected chi connectivity index (χ1v) is 7.37. The minimum absolute atomic E-state index is 0.0616. The van der Waals surface area contributed by atoms with Crippen LogP contribution in [-0.2, 0) is 0 Å². The molecule has 2 N–H and O–H groups in total. The van der Waals surface area contributed by atoms with Gasteiger partial charge in [0.25, 0.3) is 11.6 Å². The summed E-state index contributed by atoms with van der Waals surface area (Å²) in [5, 5.41) is 11.4. The summed E-state index contributed by atoms with van der Waals surface area (Å²) < 4.78 is 0. The smallest absolute Gasteiger partial charge is 0.283 e. The predicted octanol–water partition coefficient (Wildman–Crippen LogP) is 2.59. The van der Waals surface area contributed by atoms with Crippen molar-refractivity contribution in [3.05, 3.63) is 38.9 Å². The number of hydrogen-bond acceptors (Lipinski definition) is 4. The molecule has 0 spiro atoms. The summed E-state index contributed by atoms with van der Waals surface area (Å²) in [6.45, 7) is 1.11. The van der Waals surface area contributed by atoms with Gasteiger partial charge in [0, 0.05) is 23.7 Å². The third-order valence-electron chi connectivity index (χ3n) is 3.77. The van der Waals surface area contributed by atoms with E-state index in [4.69, 9.17) is 17.3 Å². The van der Waals surface area contributed by atoms with Crippen LogP contribution in [0.15, 0.2) is 18.2 Å². The molecule has 1 aromatic carbocycles. The number of carbonyl (C=O) groups is 1. The number of nitrogens with zero attached hydrogens (tertiary/aromatic N) is 2. The van der Waals surface area contributed by atoms with Gasteiger partial charge < -0.3 is 10.6 Å². The Hall–Kier alpha value is -1.66. The Bertz CT molecular complexity index is 548. The first-order chi connectivity index (χ1) is 10.0. The van der Waals surface area contributed by atoms with E-state index in [9.17, 15) is 14.9 Å². The van der Waals surface area contributed by atoms with Crippen LogP contribution in [0.5, 0.6) is 0 Å². The molecule has 0 bridgehead atoms. The van der Waals surface area contributed by atoms with E-state index in [1.807, 2.05) is 0 Å². The van der Waals surface area contributed by atoms with Gasteiger partial charge in [-0.2, -0.15) is 0 Å². The highest BCUT2D eigenvalue weighted by Gasteiger charge is 2.30.